The molecule has 2 atom stereocenters. The van der Waals surface area contributed by atoms with Crippen LogP contribution in [0.3, 0.4) is 0 Å². The molecular weight excluding hydrogens is 300 g/mol. The van der Waals surface area contributed by atoms with Crippen LogP contribution in [-0.2, 0) is 4.79 Å². The quantitative estimate of drug-likeness (QED) is 0.864. The summed E-state index contributed by atoms with van der Waals surface area (Å²) in [7, 11) is 0. The minimum absolute atomic E-state index is 0. The second-order valence-corrected chi connectivity index (χ2v) is 6.71. The van der Waals surface area contributed by atoms with Gasteiger partial charge in [0.15, 0.2) is 0 Å². The Hall–Kier alpha value is -1.26. The summed E-state index contributed by atoms with van der Waals surface area (Å²) in [6.07, 6.45) is 3.42. The molecule has 0 aromatic heterocycles. The van der Waals surface area contributed by atoms with Gasteiger partial charge < -0.3 is 15.0 Å². The number of nitrogens with zero attached hydrogens (tertiary/aromatic N) is 1. The van der Waals surface area contributed by atoms with E-state index < -0.39 is 0 Å². The van der Waals surface area contributed by atoms with Crippen molar-refractivity contribution in [1.82, 2.24) is 5.32 Å². The predicted octanol–water partition coefficient (Wildman–Crippen LogP) is 2.61. The van der Waals surface area contributed by atoms with Crippen molar-refractivity contribution in [2.45, 2.75) is 32.3 Å². The fraction of sp³-hybridized carbons (Fsp3) is 0.588. The number of fused-ring (bicyclic) bond motifs is 1. The number of carbonyl (C=O) groups is 1. The highest BCUT2D eigenvalue weighted by molar-refractivity contribution is 5.99. The van der Waals surface area contributed by atoms with E-state index in [0.29, 0.717) is 17.9 Å². The first-order valence-electron chi connectivity index (χ1n) is 7.97. The Balaban J connectivity index is 0.00000144. The number of carbonyl (C=O) groups excluding carboxylic acids is 1. The molecule has 0 radical (unpaired) electrons. The lowest BCUT2D eigenvalue weighted by molar-refractivity contribution is -0.121. The zero-order valence-corrected chi connectivity index (χ0v) is 13.7. The van der Waals surface area contributed by atoms with E-state index in [-0.39, 0.29) is 24.4 Å². The third-order valence-electron chi connectivity index (χ3n) is 5.28. The molecule has 1 spiro atoms. The summed E-state index contributed by atoms with van der Waals surface area (Å²) in [5, 5.41) is 3.40. The van der Waals surface area contributed by atoms with Crippen molar-refractivity contribution in [1.29, 1.82) is 0 Å². The number of anilines is 1. The molecule has 2 unspecified atom stereocenters. The number of ether oxygens (including phenoxy) is 1. The van der Waals surface area contributed by atoms with Crippen LogP contribution in [0.1, 0.15) is 26.2 Å². The molecular formula is C17H23ClN2O2. The van der Waals surface area contributed by atoms with E-state index in [4.69, 9.17) is 4.74 Å². The van der Waals surface area contributed by atoms with E-state index >= 15 is 0 Å². The summed E-state index contributed by atoms with van der Waals surface area (Å²) < 4.78 is 5.85. The van der Waals surface area contributed by atoms with Crippen LogP contribution in [0.5, 0.6) is 5.75 Å². The van der Waals surface area contributed by atoms with Gasteiger partial charge in [0.25, 0.3) is 0 Å². The molecule has 2 fully saturated rings. The normalized spacial score (nSPS) is 28.3. The predicted molar refractivity (Wildman–Crippen MR) is 88.8 cm³/mol. The SMILES string of the molecule is CC1CN(C(=O)C2CC23CCNCC3)c2ccccc2O1.Cl. The molecule has 1 aliphatic carbocycles. The average Bonchev–Trinajstić information content (AvgIpc) is 3.19. The van der Waals surface area contributed by atoms with E-state index in [0.717, 1.165) is 43.8 Å². The maximum Gasteiger partial charge on any atom is 0.230 e. The summed E-state index contributed by atoms with van der Waals surface area (Å²) >= 11 is 0. The van der Waals surface area contributed by atoms with E-state index in [2.05, 4.69) is 5.32 Å². The monoisotopic (exact) mass is 322 g/mol. The summed E-state index contributed by atoms with van der Waals surface area (Å²) in [5.74, 6) is 1.36. The third-order valence-corrected chi connectivity index (χ3v) is 5.28. The maximum absolute atomic E-state index is 13.0. The van der Waals surface area contributed by atoms with Crippen molar-refractivity contribution in [3.05, 3.63) is 24.3 Å². The van der Waals surface area contributed by atoms with Gasteiger partial charge >= 0.3 is 0 Å². The highest BCUT2D eigenvalue weighted by Gasteiger charge is 2.59. The van der Waals surface area contributed by atoms with Gasteiger partial charge in [-0.15, -0.1) is 12.4 Å². The maximum atomic E-state index is 13.0. The van der Waals surface area contributed by atoms with Crippen LogP contribution in [0.2, 0.25) is 0 Å². The van der Waals surface area contributed by atoms with Gasteiger partial charge in [0, 0.05) is 5.92 Å². The zero-order valence-electron chi connectivity index (χ0n) is 12.9. The first-order valence-corrected chi connectivity index (χ1v) is 7.97. The number of para-hydroxylation sites is 2. The number of hydrogen-bond donors (Lipinski definition) is 1. The molecule has 1 amide bonds. The van der Waals surface area contributed by atoms with Crippen molar-refractivity contribution >= 4 is 24.0 Å². The number of hydrogen-bond acceptors (Lipinski definition) is 3. The fourth-order valence-corrected chi connectivity index (χ4v) is 3.96. The highest BCUT2D eigenvalue weighted by atomic mass is 35.5. The van der Waals surface area contributed by atoms with Gasteiger partial charge in [-0.3, -0.25) is 4.79 Å². The molecule has 1 saturated carbocycles. The number of nitrogens with one attached hydrogen (secondary N) is 1. The van der Waals surface area contributed by atoms with Crippen molar-refractivity contribution < 1.29 is 9.53 Å². The summed E-state index contributed by atoms with van der Waals surface area (Å²) in [5.41, 5.74) is 1.23. The summed E-state index contributed by atoms with van der Waals surface area (Å²) in [6, 6.07) is 7.89. The molecule has 4 rings (SSSR count). The average molecular weight is 323 g/mol. The van der Waals surface area contributed by atoms with E-state index in [1.807, 2.05) is 36.1 Å². The van der Waals surface area contributed by atoms with Crippen molar-refractivity contribution in [3.8, 4) is 5.75 Å². The standard InChI is InChI=1S/C17H22N2O2.ClH/c1-12-11-19(14-4-2-3-5-15(14)21-12)16(20)13-10-17(13)6-8-18-9-7-17;/h2-5,12-13,18H,6-11H2,1H3;1H. The number of piperidine rings is 1. The lowest BCUT2D eigenvalue weighted by atomic mass is 9.91. The van der Waals surface area contributed by atoms with Gasteiger partial charge in [-0.25, -0.2) is 0 Å². The smallest absolute Gasteiger partial charge is 0.230 e. The minimum Gasteiger partial charge on any atom is -0.487 e. The first kappa shape index (κ1) is 15.6. The number of rotatable bonds is 1. The molecule has 22 heavy (non-hydrogen) atoms. The van der Waals surface area contributed by atoms with Crippen LogP contribution in [0, 0.1) is 11.3 Å². The Morgan fingerprint density at radius 2 is 2.05 bits per heavy atom. The van der Waals surface area contributed by atoms with E-state index in [1.165, 1.54) is 0 Å². The molecule has 5 heteroatoms. The number of benzene rings is 1. The van der Waals surface area contributed by atoms with E-state index in [9.17, 15) is 4.79 Å². The van der Waals surface area contributed by atoms with Crippen LogP contribution >= 0.6 is 12.4 Å². The molecule has 1 aromatic rings. The van der Waals surface area contributed by atoms with Crippen LogP contribution in [0.15, 0.2) is 24.3 Å². The van der Waals surface area contributed by atoms with Gasteiger partial charge in [0.2, 0.25) is 5.91 Å². The van der Waals surface area contributed by atoms with Gasteiger partial charge in [-0.2, -0.15) is 0 Å². The topological polar surface area (TPSA) is 41.6 Å². The second-order valence-electron chi connectivity index (χ2n) is 6.71. The molecule has 120 valence electrons. The molecule has 1 N–H and O–H groups in total. The van der Waals surface area contributed by atoms with Crippen LogP contribution in [-0.4, -0.2) is 31.6 Å². The van der Waals surface area contributed by atoms with Crippen LogP contribution < -0.4 is 15.0 Å². The molecule has 1 aromatic carbocycles. The number of amides is 1. The van der Waals surface area contributed by atoms with Gasteiger partial charge in [0.1, 0.15) is 11.9 Å². The van der Waals surface area contributed by atoms with Crippen LogP contribution in [0.4, 0.5) is 5.69 Å². The Kier molecular flexibility index (Phi) is 4.08. The molecule has 2 heterocycles. The van der Waals surface area contributed by atoms with Gasteiger partial charge in [-0.1, -0.05) is 12.1 Å². The molecule has 3 aliphatic rings. The van der Waals surface area contributed by atoms with Crippen molar-refractivity contribution in [3.63, 3.8) is 0 Å². The van der Waals surface area contributed by atoms with E-state index in [1.54, 1.807) is 0 Å². The highest BCUT2D eigenvalue weighted by Crippen LogP contribution is 2.59. The van der Waals surface area contributed by atoms with Gasteiger partial charge in [-0.05, 0) is 56.8 Å². The molecule has 4 nitrogen and oxygen atoms in total. The lowest BCUT2D eigenvalue weighted by Gasteiger charge is -2.34. The number of halogens is 1. The van der Waals surface area contributed by atoms with Gasteiger partial charge in [0.05, 0.1) is 12.2 Å². The molecule has 0 bridgehead atoms. The second kappa shape index (κ2) is 5.74. The largest absolute Gasteiger partial charge is 0.487 e. The first-order chi connectivity index (χ1) is 10.2. The van der Waals surface area contributed by atoms with Crippen molar-refractivity contribution in [2.75, 3.05) is 24.5 Å². The van der Waals surface area contributed by atoms with Crippen molar-refractivity contribution in [2.24, 2.45) is 11.3 Å². The molecule has 2 aliphatic heterocycles. The lowest BCUT2D eigenvalue weighted by Crippen LogP contribution is -2.44. The minimum atomic E-state index is 0. The zero-order chi connectivity index (χ0) is 14.4. The molecule has 1 saturated heterocycles. The Morgan fingerprint density at radius 3 is 2.82 bits per heavy atom. The summed E-state index contributed by atoms with van der Waals surface area (Å²) in [6.45, 7) is 4.81. The van der Waals surface area contributed by atoms with Crippen LogP contribution in [0.25, 0.3) is 0 Å². The third kappa shape index (κ3) is 2.48. The Morgan fingerprint density at radius 1 is 1.32 bits per heavy atom. The fourth-order valence-electron chi connectivity index (χ4n) is 3.96. The Labute approximate surface area is 137 Å². The summed E-state index contributed by atoms with van der Waals surface area (Å²) in [4.78, 5) is 15.0. The Bertz CT molecular complexity index is 572.